The Morgan fingerprint density at radius 2 is 1.95 bits per heavy atom. The Hall–Kier alpha value is -1.65. The van der Waals surface area contributed by atoms with Crippen LogP contribution in [0.15, 0.2) is 53.0 Å². The van der Waals surface area contributed by atoms with Crippen LogP contribution in [0.3, 0.4) is 0 Å². The summed E-state index contributed by atoms with van der Waals surface area (Å²) in [6, 6.07) is 16.5. The number of benzene rings is 2. The summed E-state index contributed by atoms with van der Waals surface area (Å²) in [7, 11) is 0. The molecule has 2 N–H and O–H groups in total. The fourth-order valence-electron chi connectivity index (χ4n) is 2.28. The second-order valence-corrected chi connectivity index (χ2v) is 5.37. The summed E-state index contributed by atoms with van der Waals surface area (Å²) < 4.78 is 3.10. The van der Waals surface area contributed by atoms with E-state index in [1.54, 1.807) is 0 Å². The second kappa shape index (κ2) is 5.15. The molecule has 0 aliphatic heterocycles. The van der Waals surface area contributed by atoms with Crippen LogP contribution in [0.5, 0.6) is 0 Å². The van der Waals surface area contributed by atoms with Crippen molar-refractivity contribution in [2.24, 2.45) is 5.73 Å². The van der Waals surface area contributed by atoms with Gasteiger partial charge >= 0.3 is 0 Å². The number of hydrogen-bond donors (Lipinski definition) is 1. The van der Waals surface area contributed by atoms with Crippen molar-refractivity contribution in [3.63, 3.8) is 0 Å². The number of fused-ring (bicyclic) bond motifs is 1. The molecule has 96 valence electrons. The lowest BCUT2D eigenvalue weighted by molar-refractivity contribution is 0.693. The lowest BCUT2D eigenvalue weighted by atomic mass is 10.2. The zero-order chi connectivity index (χ0) is 13.2. The first kappa shape index (κ1) is 12.4. The van der Waals surface area contributed by atoms with E-state index < -0.39 is 0 Å². The van der Waals surface area contributed by atoms with E-state index in [2.05, 4.69) is 45.3 Å². The van der Waals surface area contributed by atoms with Crippen molar-refractivity contribution in [3.8, 4) is 0 Å². The van der Waals surface area contributed by atoms with Gasteiger partial charge in [0, 0.05) is 16.4 Å². The first-order chi connectivity index (χ1) is 9.28. The van der Waals surface area contributed by atoms with E-state index in [9.17, 15) is 0 Å². The molecular weight excluding hydrogens is 302 g/mol. The number of nitrogens with two attached hydrogens (primary N) is 1. The smallest absolute Gasteiger partial charge is 0.0839 e. The molecule has 3 rings (SSSR count). The molecule has 2 aromatic carbocycles. The molecule has 0 spiro atoms. The molecule has 0 amide bonds. The van der Waals surface area contributed by atoms with Crippen LogP contribution >= 0.6 is 15.9 Å². The van der Waals surface area contributed by atoms with Crippen LogP contribution in [0.2, 0.25) is 0 Å². The molecule has 0 saturated heterocycles. The summed E-state index contributed by atoms with van der Waals surface area (Å²) >= 11 is 3.49. The summed E-state index contributed by atoms with van der Waals surface area (Å²) in [5.74, 6) is 0. The predicted molar refractivity (Wildman–Crippen MR) is 80.9 cm³/mol. The Bertz CT molecular complexity index is 718. The highest BCUT2D eigenvalue weighted by atomic mass is 79.9. The summed E-state index contributed by atoms with van der Waals surface area (Å²) in [6.45, 7) is 1.21. The van der Waals surface area contributed by atoms with Crippen molar-refractivity contribution in [2.75, 3.05) is 0 Å². The minimum absolute atomic E-state index is 0.464. The fourth-order valence-corrected chi connectivity index (χ4v) is 2.72. The third-order valence-electron chi connectivity index (χ3n) is 3.15. The zero-order valence-electron chi connectivity index (χ0n) is 10.4. The lowest BCUT2D eigenvalue weighted by Gasteiger charge is -2.04. The van der Waals surface area contributed by atoms with Gasteiger partial charge in [0.25, 0.3) is 0 Å². The third kappa shape index (κ3) is 2.41. The van der Waals surface area contributed by atoms with Gasteiger partial charge < -0.3 is 5.73 Å². The Labute approximate surface area is 120 Å². The molecule has 0 saturated carbocycles. The van der Waals surface area contributed by atoms with E-state index in [0.29, 0.717) is 6.54 Å². The van der Waals surface area contributed by atoms with E-state index in [4.69, 9.17) is 5.73 Å². The Morgan fingerprint density at radius 1 is 1.11 bits per heavy atom. The van der Waals surface area contributed by atoms with Crippen molar-refractivity contribution in [1.29, 1.82) is 0 Å². The number of halogens is 1. The molecular formula is C15H14BrN3. The predicted octanol–water partition coefficient (Wildman–Crippen LogP) is 3.31. The van der Waals surface area contributed by atoms with Gasteiger partial charge in [0.1, 0.15) is 0 Å². The number of aromatic nitrogens is 2. The van der Waals surface area contributed by atoms with Gasteiger partial charge in [0.15, 0.2) is 0 Å². The minimum atomic E-state index is 0.464. The normalized spacial score (nSPS) is 11.1. The van der Waals surface area contributed by atoms with Crippen LogP contribution in [-0.4, -0.2) is 9.78 Å². The molecule has 19 heavy (non-hydrogen) atoms. The molecule has 1 heterocycles. The molecule has 0 bridgehead atoms. The first-order valence-corrected chi connectivity index (χ1v) is 6.96. The molecule has 0 radical (unpaired) electrons. The van der Waals surface area contributed by atoms with E-state index >= 15 is 0 Å². The molecule has 0 aliphatic rings. The van der Waals surface area contributed by atoms with Gasteiger partial charge in [-0.15, -0.1) is 0 Å². The maximum atomic E-state index is 5.76. The van der Waals surface area contributed by atoms with Gasteiger partial charge in [-0.1, -0.05) is 46.3 Å². The van der Waals surface area contributed by atoms with Gasteiger partial charge in [0.05, 0.1) is 17.8 Å². The molecule has 4 heteroatoms. The van der Waals surface area contributed by atoms with Gasteiger partial charge in [0.2, 0.25) is 0 Å². The Balaban J connectivity index is 2.06. The topological polar surface area (TPSA) is 43.8 Å². The Morgan fingerprint density at radius 3 is 2.74 bits per heavy atom. The zero-order valence-corrected chi connectivity index (χ0v) is 12.0. The van der Waals surface area contributed by atoms with Crippen LogP contribution < -0.4 is 5.73 Å². The highest BCUT2D eigenvalue weighted by Gasteiger charge is 2.08. The summed E-state index contributed by atoms with van der Waals surface area (Å²) in [5.41, 5.74) is 9.05. The summed E-state index contributed by atoms with van der Waals surface area (Å²) in [5, 5.41) is 5.75. The van der Waals surface area contributed by atoms with Crippen LogP contribution in [0, 0.1) is 0 Å². The molecule has 0 atom stereocenters. The molecule has 0 aliphatic carbocycles. The first-order valence-electron chi connectivity index (χ1n) is 6.17. The van der Waals surface area contributed by atoms with Gasteiger partial charge in [-0.05, 0) is 23.8 Å². The van der Waals surface area contributed by atoms with Gasteiger partial charge in [-0.3, -0.25) is 4.68 Å². The number of para-hydroxylation sites is 1. The fraction of sp³-hybridized carbons (Fsp3) is 0.133. The average Bonchev–Trinajstić information content (AvgIpc) is 2.77. The van der Waals surface area contributed by atoms with Crippen LogP contribution in [0.25, 0.3) is 10.9 Å². The SMILES string of the molecule is NCc1nn(Cc2cccc(Br)c2)c2ccccc12. The average molecular weight is 316 g/mol. The van der Waals surface area contributed by atoms with Crippen molar-refractivity contribution >= 4 is 26.8 Å². The summed E-state index contributed by atoms with van der Waals surface area (Å²) in [6.07, 6.45) is 0. The van der Waals surface area contributed by atoms with Crippen molar-refractivity contribution in [1.82, 2.24) is 9.78 Å². The quantitative estimate of drug-likeness (QED) is 0.806. The maximum Gasteiger partial charge on any atom is 0.0839 e. The number of rotatable bonds is 3. The highest BCUT2D eigenvalue weighted by molar-refractivity contribution is 9.10. The van der Waals surface area contributed by atoms with Gasteiger partial charge in [-0.25, -0.2) is 0 Å². The molecule has 0 unspecified atom stereocenters. The largest absolute Gasteiger partial charge is 0.325 e. The van der Waals surface area contributed by atoms with E-state index in [1.807, 2.05) is 28.9 Å². The van der Waals surface area contributed by atoms with Crippen molar-refractivity contribution < 1.29 is 0 Å². The van der Waals surface area contributed by atoms with E-state index in [-0.39, 0.29) is 0 Å². The van der Waals surface area contributed by atoms with E-state index in [0.717, 1.165) is 27.6 Å². The maximum absolute atomic E-state index is 5.76. The molecule has 3 nitrogen and oxygen atoms in total. The minimum Gasteiger partial charge on any atom is -0.325 e. The molecule has 1 aromatic heterocycles. The molecule has 3 aromatic rings. The van der Waals surface area contributed by atoms with E-state index in [1.165, 1.54) is 5.56 Å². The standard InChI is InChI=1S/C15H14BrN3/c16-12-5-3-4-11(8-12)10-19-15-7-2-1-6-13(15)14(9-17)18-19/h1-8H,9-10,17H2. The second-order valence-electron chi connectivity index (χ2n) is 4.46. The van der Waals surface area contributed by atoms with Crippen molar-refractivity contribution in [2.45, 2.75) is 13.1 Å². The van der Waals surface area contributed by atoms with Gasteiger partial charge in [-0.2, -0.15) is 5.10 Å². The Kier molecular flexibility index (Phi) is 3.36. The highest BCUT2D eigenvalue weighted by Crippen LogP contribution is 2.20. The van der Waals surface area contributed by atoms with Crippen LogP contribution in [0.4, 0.5) is 0 Å². The van der Waals surface area contributed by atoms with Crippen LogP contribution in [-0.2, 0) is 13.1 Å². The summed E-state index contributed by atoms with van der Waals surface area (Å²) in [4.78, 5) is 0. The lowest BCUT2D eigenvalue weighted by Crippen LogP contribution is -2.04. The van der Waals surface area contributed by atoms with Crippen molar-refractivity contribution in [3.05, 3.63) is 64.3 Å². The third-order valence-corrected chi connectivity index (χ3v) is 3.64. The molecule has 0 fully saturated rings. The number of hydrogen-bond acceptors (Lipinski definition) is 2. The monoisotopic (exact) mass is 315 g/mol. The van der Waals surface area contributed by atoms with Crippen LogP contribution in [0.1, 0.15) is 11.3 Å². The number of nitrogens with zero attached hydrogens (tertiary/aromatic N) is 2.